The Labute approximate surface area is 206 Å². The molecule has 5 heterocycles. The van der Waals surface area contributed by atoms with Crippen LogP contribution in [-0.2, 0) is 11.3 Å². The molecule has 6 rings (SSSR count). The maximum absolute atomic E-state index is 13.3. The highest BCUT2D eigenvalue weighted by atomic mass is 16.5. The number of rotatable bonds is 8. The Morgan fingerprint density at radius 3 is 2.89 bits per heavy atom. The van der Waals surface area contributed by atoms with Crippen molar-refractivity contribution in [2.75, 3.05) is 30.9 Å². The molecule has 1 amide bonds. The van der Waals surface area contributed by atoms with Gasteiger partial charge in [-0.3, -0.25) is 18.8 Å². The Morgan fingerprint density at radius 1 is 1.22 bits per heavy atom. The van der Waals surface area contributed by atoms with E-state index in [1.807, 2.05) is 10.9 Å². The minimum Gasteiger partial charge on any atom is -0.381 e. The number of carbonyl (C=O) groups excluding carboxylic acids is 1. The summed E-state index contributed by atoms with van der Waals surface area (Å²) in [6, 6.07) is 5.44. The third-order valence-electron chi connectivity index (χ3n) is 6.46. The number of hydrogen-bond donors (Lipinski definition) is 3. The van der Waals surface area contributed by atoms with Crippen LogP contribution in [0.5, 0.6) is 0 Å². The van der Waals surface area contributed by atoms with E-state index in [0.29, 0.717) is 40.1 Å². The van der Waals surface area contributed by atoms with E-state index in [2.05, 4.69) is 31.1 Å². The van der Waals surface area contributed by atoms with Crippen molar-refractivity contribution in [3.05, 3.63) is 58.9 Å². The molecular weight excluding hydrogens is 462 g/mol. The van der Waals surface area contributed by atoms with E-state index in [1.165, 1.54) is 6.20 Å². The lowest BCUT2D eigenvalue weighted by molar-refractivity contribution is 0.0952. The highest BCUT2D eigenvalue weighted by Crippen LogP contribution is 2.23. The number of pyridine rings is 1. The third-order valence-corrected chi connectivity index (χ3v) is 6.46. The molecule has 12 heteroatoms. The number of ether oxygens (including phenoxy) is 1. The summed E-state index contributed by atoms with van der Waals surface area (Å²) in [6.45, 7) is 2.28. The van der Waals surface area contributed by atoms with E-state index < -0.39 is 0 Å². The van der Waals surface area contributed by atoms with E-state index in [4.69, 9.17) is 4.74 Å². The van der Waals surface area contributed by atoms with E-state index in [1.54, 1.807) is 46.7 Å². The van der Waals surface area contributed by atoms with Crippen molar-refractivity contribution in [1.82, 2.24) is 34.3 Å². The van der Waals surface area contributed by atoms with Crippen molar-refractivity contribution >= 4 is 28.9 Å². The van der Waals surface area contributed by atoms with Crippen LogP contribution in [0, 0.1) is 5.92 Å². The predicted molar refractivity (Wildman–Crippen MR) is 133 cm³/mol. The number of anilines is 3. The second kappa shape index (κ2) is 9.11. The highest BCUT2D eigenvalue weighted by molar-refractivity contribution is 6.00. The van der Waals surface area contributed by atoms with Crippen LogP contribution < -0.4 is 21.5 Å². The number of amides is 1. The molecule has 2 fully saturated rings. The first-order valence-corrected chi connectivity index (χ1v) is 12.1. The molecule has 36 heavy (non-hydrogen) atoms. The largest absolute Gasteiger partial charge is 0.381 e. The lowest BCUT2D eigenvalue weighted by Crippen LogP contribution is -2.25. The van der Waals surface area contributed by atoms with Crippen molar-refractivity contribution in [2.45, 2.75) is 31.8 Å². The van der Waals surface area contributed by atoms with Gasteiger partial charge in [0.15, 0.2) is 5.65 Å². The van der Waals surface area contributed by atoms with Crippen LogP contribution in [0.3, 0.4) is 0 Å². The molecule has 0 unspecified atom stereocenters. The molecule has 0 bridgehead atoms. The highest BCUT2D eigenvalue weighted by Gasteiger charge is 2.26. The maximum Gasteiger partial charge on any atom is 0.278 e. The number of carbonyl (C=O) groups is 1. The Hall–Kier alpha value is -4.19. The molecule has 0 aromatic carbocycles. The summed E-state index contributed by atoms with van der Waals surface area (Å²) < 4.78 is 10.4. The molecule has 186 valence electrons. The molecule has 0 radical (unpaired) electrons. The summed E-state index contributed by atoms with van der Waals surface area (Å²) in [4.78, 5) is 30.6. The van der Waals surface area contributed by atoms with Crippen molar-refractivity contribution in [3.63, 3.8) is 0 Å². The zero-order chi connectivity index (χ0) is 24.6. The fraction of sp³-hybridized carbons (Fsp3) is 0.375. The van der Waals surface area contributed by atoms with E-state index in [-0.39, 0.29) is 17.5 Å². The molecular formula is C24H27N9O3. The number of nitrogens with zero attached hydrogens (tertiary/aromatic N) is 6. The molecule has 1 aliphatic carbocycles. The predicted octanol–water partition coefficient (Wildman–Crippen LogP) is 1.79. The number of nitrogens with one attached hydrogen (secondary N) is 3. The summed E-state index contributed by atoms with van der Waals surface area (Å²) >= 11 is 0. The van der Waals surface area contributed by atoms with Gasteiger partial charge in [0.2, 0.25) is 0 Å². The topological polar surface area (TPSA) is 132 Å². The van der Waals surface area contributed by atoms with Crippen molar-refractivity contribution in [1.29, 1.82) is 0 Å². The molecule has 0 spiro atoms. The SMILES string of the molecule is CNc1cc(Nc2cccn(-c3cnn(C[C@@H]4CCOC4)c3)c2=O)nc2c(C(=O)NC3CC3)cnn12. The number of hydrogen-bond acceptors (Lipinski definition) is 8. The Bertz CT molecular complexity index is 1480. The fourth-order valence-corrected chi connectivity index (χ4v) is 4.36. The van der Waals surface area contributed by atoms with Crippen LogP contribution in [0.2, 0.25) is 0 Å². The van der Waals surface area contributed by atoms with Gasteiger partial charge in [-0.25, -0.2) is 4.98 Å². The lowest BCUT2D eigenvalue weighted by atomic mass is 10.1. The first-order chi connectivity index (χ1) is 17.6. The number of aromatic nitrogens is 6. The van der Waals surface area contributed by atoms with Gasteiger partial charge in [0.1, 0.15) is 22.9 Å². The second-order valence-corrected chi connectivity index (χ2v) is 9.19. The standard InChI is InChI=1S/C24H27N9O3/c1-25-21-9-20(30-22-18(11-27-33(21)22)23(34)28-16-4-5-16)29-19-3-2-7-32(24(19)35)17-10-26-31(13-17)12-15-6-8-36-14-15/h2-3,7,9-11,13,15-16,25H,4-6,8,12,14H2,1H3,(H,28,34)(H,29,30)/t15-/m0/s1. The Morgan fingerprint density at radius 2 is 2.11 bits per heavy atom. The van der Waals surface area contributed by atoms with Crippen LogP contribution in [-0.4, -0.2) is 61.2 Å². The molecule has 12 nitrogen and oxygen atoms in total. The van der Waals surface area contributed by atoms with Crippen LogP contribution in [0.4, 0.5) is 17.3 Å². The van der Waals surface area contributed by atoms with Crippen molar-refractivity contribution in [2.24, 2.45) is 5.92 Å². The Balaban J connectivity index is 1.29. The fourth-order valence-electron chi connectivity index (χ4n) is 4.36. The zero-order valence-corrected chi connectivity index (χ0v) is 19.8. The van der Waals surface area contributed by atoms with Gasteiger partial charge in [0.05, 0.1) is 24.7 Å². The molecule has 1 saturated carbocycles. The van der Waals surface area contributed by atoms with Crippen molar-refractivity contribution in [3.8, 4) is 5.69 Å². The molecule has 1 saturated heterocycles. The summed E-state index contributed by atoms with van der Waals surface area (Å²) in [7, 11) is 1.76. The van der Waals surface area contributed by atoms with Crippen LogP contribution in [0.25, 0.3) is 11.3 Å². The van der Waals surface area contributed by atoms with Gasteiger partial charge in [-0.15, -0.1) is 0 Å². The average Bonchev–Trinajstić information content (AvgIpc) is 3.26. The Kier molecular flexibility index (Phi) is 5.64. The minimum absolute atomic E-state index is 0.206. The van der Waals surface area contributed by atoms with Gasteiger partial charge in [0, 0.05) is 50.6 Å². The van der Waals surface area contributed by atoms with Crippen LogP contribution in [0.1, 0.15) is 29.6 Å². The quantitative estimate of drug-likeness (QED) is 0.341. The third kappa shape index (κ3) is 4.31. The van der Waals surface area contributed by atoms with Gasteiger partial charge < -0.3 is 20.7 Å². The molecule has 4 aromatic rings. The van der Waals surface area contributed by atoms with Gasteiger partial charge in [-0.05, 0) is 31.4 Å². The van der Waals surface area contributed by atoms with E-state index in [9.17, 15) is 9.59 Å². The van der Waals surface area contributed by atoms with E-state index in [0.717, 1.165) is 39.0 Å². The van der Waals surface area contributed by atoms with E-state index >= 15 is 0 Å². The normalized spacial score (nSPS) is 17.4. The van der Waals surface area contributed by atoms with Gasteiger partial charge >= 0.3 is 0 Å². The molecule has 3 N–H and O–H groups in total. The summed E-state index contributed by atoms with van der Waals surface area (Å²) in [6.07, 6.45) is 9.76. The molecule has 1 atom stereocenters. The summed E-state index contributed by atoms with van der Waals surface area (Å²) in [5.74, 6) is 1.27. The summed E-state index contributed by atoms with van der Waals surface area (Å²) in [5.41, 5.74) is 1.56. The average molecular weight is 490 g/mol. The van der Waals surface area contributed by atoms with Crippen LogP contribution in [0.15, 0.2) is 47.8 Å². The maximum atomic E-state index is 13.3. The molecule has 1 aliphatic heterocycles. The first-order valence-electron chi connectivity index (χ1n) is 12.1. The lowest BCUT2D eigenvalue weighted by Gasteiger charge is -2.11. The second-order valence-electron chi connectivity index (χ2n) is 9.19. The smallest absolute Gasteiger partial charge is 0.278 e. The van der Waals surface area contributed by atoms with Gasteiger partial charge in [0.25, 0.3) is 11.5 Å². The molecule has 2 aliphatic rings. The number of fused-ring (bicyclic) bond motifs is 1. The monoisotopic (exact) mass is 489 g/mol. The van der Waals surface area contributed by atoms with Gasteiger partial charge in [-0.1, -0.05) is 0 Å². The van der Waals surface area contributed by atoms with Crippen molar-refractivity contribution < 1.29 is 9.53 Å². The van der Waals surface area contributed by atoms with Gasteiger partial charge in [-0.2, -0.15) is 14.7 Å². The zero-order valence-electron chi connectivity index (χ0n) is 19.8. The summed E-state index contributed by atoms with van der Waals surface area (Å²) in [5, 5.41) is 17.9. The van der Waals surface area contributed by atoms with Crippen LogP contribution >= 0.6 is 0 Å². The first kappa shape index (κ1) is 22.3. The molecule has 4 aromatic heterocycles. The minimum atomic E-state index is -0.242.